The number of amides is 2. The fourth-order valence-corrected chi connectivity index (χ4v) is 6.68. The number of aliphatic hydroxyl groups is 1. The molecule has 0 aromatic rings. The number of carbonyl (C=O) groups is 3. The third kappa shape index (κ3) is 4.74. The van der Waals surface area contributed by atoms with Crippen molar-refractivity contribution in [3.63, 3.8) is 0 Å². The first-order valence-electron chi connectivity index (χ1n) is 13.6. The molecule has 2 amide bonds. The van der Waals surface area contributed by atoms with Crippen LogP contribution in [0.1, 0.15) is 72.1 Å². The van der Waals surface area contributed by atoms with Crippen molar-refractivity contribution in [1.82, 2.24) is 9.80 Å². The third-order valence-corrected chi connectivity index (χ3v) is 8.37. The zero-order valence-corrected chi connectivity index (χ0v) is 22.2. The van der Waals surface area contributed by atoms with Crippen molar-refractivity contribution in [2.75, 3.05) is 26.3 Å². The Hall–Kier alpha value is -2.19. The summed E-state index contributed by atoms with van der Waals surface area (Å²) in [5, 5.41) is 9.52. The van der Waals surface area contributed by atoms with E-state index in [9.17, 15) is 19.5 Å². The summed E-state index contributed by atoms with van der Waals surface area (Å²) >= 11 is 0. The van der Waals surface area contributed by atoms with Crippen LogP contribution in [0.4, 0.5) is 0 Å². The Balaban J connectivity index is 2.01. The van der Waals surface area contributed by atoms with Gasteiger partial charge in [0.25, 0.3) is 0 Å². The van der Waals surface area contributed by atoms with Crippen LogP contribution >= 0.6 is 0 Å². The topological polar surface area (TPSA) is 96.4 Å². The van der Waals surface area contributed by atoms with Crippen LogP contribution in [0.15, 0.2) is 25.3 Å². The van der Waals surface area contributed by atoms with E-state index >= 15 is 0 Å². The number of carbonyl (C=O) groups excluding carboxylic acids is 3. The summed E-state index contributed by atoms with van der Waals surface area (Å²) in [5.41, 5.74) is -1.88. The summed E-state index contributed by atoms with van der Waals surface area (Å²) in [6.07, 6.45) is 8.68. The second kappa shape index (κ2) is 11.9. The monoisotopic (exact) mass is 504 g/mol. The average Bonchev–Trinajstić information content (AvgIpc) is 3.47. The zero-order valence-electron chi connectivity index (χ0n) is 22.2. The number of nitrogens with zero attached hydrogens (tertiary/aromatic N) is 2. The van der Waals surface area contributed by atoms with Gasteiger partial charge >= 0.3 is 5.97 Å². The minimum Gasteiger partial charge on any atom is -0.465 e. The maximum absolute atomic E-state index is 14.2. The minimum atomic E-state index is -1.07. The molecule has 3 aliphatic heterocycles. The first-order chi connectivity index (χ1) is 17.3. The molecule has 6 atom stereocenters. The van der Waals surface area contributed by atoms with Crippen LogP contribution in [0.3, 0.4) is 0 Å². The van der Waals surface area contributed by atoms with E-state index in [1.165, 1.54) is 0 Å². The highest BCUT2D eigenvalue weighted by atomic mass is 16.6. The highest BCUT2D eigenvalue weighted by molar-refractivity contribution is 5.98. The molecule has 2 bridgehead atoms. The Labute approximate surface area is 215 Å². The molecule has 0 aliphatic carbocycles. The second-order valence-electron chi connectivity index (χ2n) is 10.5. The van der Waals surface area contributed by atoms with Gasteiger partial charge < -0.3 is 24.4 Å². The standard InChI is InChI=1S/C28H44N2O6/c1-6-10-11-19-35-26(34)22-21-24(32)30(17-12-18-31)23(28(21)15-14-27(22,9-4)36-28)25(33)29(16-8-3)20(5)13-7-2/h6,8,20-23,31H,1,3,7,9-19H2,2,4-5H3/t20?,21-,22-,23?,27+,28?/m0/s1. The van der Waals surface area contributed by atoms with Gasteiger partial charge in [-0.2, -0.15) is 0 Å². The molecular weight excluding hydrogens is 460 g/mol. The van der Waals surface area contributed by atoms with Crippen LogP contribution < -0.4 is 0 Å². The predicted octanol–water partition coefficient (Wildman–Crippen LogP) is 3.24. The number of hydrogen-bond donors (Lipinski definition) is 1. The smallest absolute Gasteiger partial charge is 0.312 e. The second-order valence-corrected chi connectivity index (χ2v) is 10.5. The number of rotatable bonds is 15. The Morgan fingerprint density at radius 1 is 1.28 bits per heavy atom. The fraction of sp³-hybridized carbons (Fsp3) is 0.750. The number of aliphatic hydroxyl groups excluding tert-OH is 1. The number of allylic oxidation sites excluding steroid dienone is 1. The number of fused-ring (bicyclic) bond motifs is 1. The number of unbranched alkanes of at least 4 members (excludes halogenated alkanes) is 1. The predicted molar refractivity (Wildman–Crippen MR) is 137 cm³/mol. The summed E-state index contributed by atoms with van der Waals surface area (Å²) in [5.74, 6) is -2.35. The Morgan fingerprint density at radius 3 is 2.64 bits per heavy atom. The van der Waals surface area contributed by atoms with Gasteiger partial charge in [-0.05, 0) is 51.9 Å². The molecule has 0 aromatic carbocycles. The van der Waals surface area contributed by atoms with Crippen molar-refractivity contribution < 1.29 is 29.0 Å². The van der Waals surface area contributed by atoms with Gasteiger partial charge in [0.05, 0.1) is 18.1 Å². The minimum absolute atomic E-state index is 0.0323. The Morgan fingerprint density at radius 2 is 2.03 bits per heavy atom. The highest BCUT2D eigenvalue weighted by Crippen LogP contribution is 2.64. The lowest BCUT2D eigenvalue weighted by Gasteiger charge is -2.39. The molecule has 3 rings (SSSR count). The molecule has 36 heavy (non-hydrogen) atoms. The SMILES string of the molecule is C=CCCCOC(=O)[C@@H]1[C@H]2C(=O)N(CCCO)C(C(=O)N(CC=C)C(C)CCC)C23CC[C@@]1(CC)O3. The number of esters is 1. The van der Waals surface area contributed by atoms with Gasteiger partial charge in [0.2, 0.25) is 11.8 Å². The van der Waals surface area contributed by atoms with E-state index in [1.807, 2.05) is 13.8 Å². The molecule has 1 N–H and O–H groups in total. The lowest BCUT2D eigenvalue weighted by atomic mass is 9.65. The van der Waals surface area contributed by atoms with Gasteiger partial charge in [-0.25, -0.2) is 0 Å². The molecule has 0 aromatic heterocycles. The van der Waals surface area contributed by atoms with E-state index in [-0.39, 0.29) is 37.6 Å². The molecule has 202 valence electrons. The van der Waals surface area contributed by atoms with E-state index in [0.29, 0.717) is 38.6 Å². The summed E-state index contributed by atoms with van der Waals surface area (Å²) in [6.45, 7) is 14.4. The van der Waals surface area contributed by atoms with Crippen molar-refractivity contribution in [2.24, 2.45) is 11.8 Å². The van der Waals surface area contributed by atoms with Crippen LogP contribution in [-0.4, -0.2) is 82.3 Å². The normalized spacial score (nSPS) is 31.3. The molecule has 3 aliphatic rings. The first kappa shape index (κ1) is 28.4. The molecule has 0 saturated carbocycles. The molecule has 3 heterocycles. The summed E-state index contributed by atoms with van der Waals surface area (Å²) in [4.78, 5) is 45.0. The number of likely N-dealkylation sites (tertiary alicyclic amines) is 1. The average molecular weight is 505 g/mol. The van der Waals surface area contributed by atoms with Gasteiger partial charge in [-0.3, -0.25) is 14.4 Å². The largest absolute Gasteiger partial charge is 0.465 e. The van der Waals surface area contributed by atoms with E-state index in [4.69, 9.17) is 9.47 Å². The Bertz CT molecular complexity index is 846. The molecule has 8 nitrogen and oxygen atoms in total. The maximum Gasteiger partial charge on any atom is 0.312 e. The van der Waals surface area contributed by atoms with E-state index in [1.54, 1.807) is 22.0 Å². The van der Waals surface area contributed by atoms with Crippen molar-refractivity contribution in [2.45, 2.75) is 95.4 Å². The summed E-state index contributed by atoms with van der Waals surface area (Å²) < 4.78 is 12.4. The molecular formula is C28H44N2O6. The van der Waals surface area contributed by atoms with Crippen LogP contribution in [-0.2, 0) is 23.9 Å². The molecule has 3 saturated heterocycles. The van der Waals surface area contributed by atoms with Gasteiger partial charge in [0.1, 0.15) is 17.6 Å². The zero-order chi connectivity index (χ0) is 26.5. The number of ether oxygens (including phenoxy) is 2. The first-order valence-corrected chi connectivity index (χ1v) is 13.6. The lowest BCUT2D eigenvalue weighted by Crippen LogP contribution is -2.58. The highest BCUT2D eigenvalue weighted by Gasteiger charge is 2.79. The lowest BCUT2D eigenvalue weighted by molar-refractivity contribution is -0.162. The Kier molecular flexibility index (Phi) is 9.39. The molecule has 8 heteroatoms. The van der Waals surface area contributed by atoms with Crippen molar-refractivity contribution in [1.29, 1.82) is 0 Å². The van der Waals surface area contributed by atoms with Crippen LogP contribution in [0.25, 0.3) is 0 Å². The van der Waals surface area contributed by atoms with E-state index in [2.05, 4.69) is 20.1 Å². The van der Waals surface area contributed by atoms with Gasteiger partial charge in [-0.15, -0.1) is 13.2 Å². The van der Waals surface area contributed by atoms with Crippen LogP contribution in [0, 0.1) is 11.8 Å². The quantitative estimate of drug-likeness (QED) is 0.209. The van der Waals surface area contributed by atoms with Gasteiger partial charge in [0, 0.05) is 25.7 Å². The summed E-state index contributed by atoms with van der Waals surface area (Å²) in [6, 6.07) is -0.872. The maximum atomic E-state index is 14.2. The van der Waals surface area contributed by atoms with Crippen molar-refractivity contribution >= 4 is 17.8 Å². The van der Waals surface area contributed by atoms with Crippen molar-refractivity contribution in [3.05, 3.63) is 25.3 Å². The fourth-order valence-electron chi connectivity index (χ4n) is 6.68. The molecule has 1 spiro atoms. The molecule has 3 unspecified atom stereocenters. The molecule has 0 radical (unpaired) electrons. The summed E-state index contributed by atoms with van der Waals surface area (Å²) in [7, 11) is 0. The van der Waals surface area contributed by atoms with Gasteiger partial charge in [-0.1, -0.05) is 32.4 Å². The van der Waals surface area contributed by atoms with E-state index in [0.717, 1.165) is 19.3 Å². The van der Waals surface area contributed by atoms with Crippen molar-refractivity contribution in [3.8, 4) is 0 Å². The van der Waals surface area contributed by atoms with Crippen LogP contribution in [0.2, 0.25) is 0 Å². The number of hydrogen-bond acceptors (Lipinski definition) is 6. The molecule has 3 fully saturated rings. The third-order valence-electron chi connectivity index (χ3n) is 8.37. The van der Waals surface area contributed by atoms with Crippen LogP contribution in [0.5, 0.6) is 0 Å². The van der Waals surface area contributed by atoms with Gasteiger partial charge in [0.15, 0.2) is 0 Å². The van der Waals surface area contributed by atoms with E-state index < -0.39 is 35.0 Å².